The van der Waals surface area contributed by atoms with Gasteiger partial charge in [-0.1, -0.05) is 0 Å². The lowest BCUT2D eigenvalue weighted by Crippen LogP contribution is -2.43. The van der Waals surface area contributed by atoms with Gasteiger partial charge < -0.3 is 25.2 Å². The molecule has 6 heteroatoms. The fraction of sp³-hybridized carbons (Fsp3) is 0.923. The minimum Gasteiger partial charge on any atom is -0.394 e. The molecular weight excluding hydrogens is 246 g/mol. The highest BCUT2D eigenvalue weighted by atomic mass is 16.5. The van der Waals surface area contributed by atoms with Crippen molar-refractivity contribution in [3.63, 3.8) is 0 Å². The average Bonchev–Trinajstić information content (AvgIpc) is 2.30. The van der Waals surface area contributed by atoms with E-state index < -0.39 is 0 Å². The number of aliphatic hydroxyl groups is 1. The Morgan fingerprint density at radius 2 is 1.68 bits per heavy atom. The van der Waals surface area contributed by atoms with Crippen molar-refractivity contribution in [1.82, 2.24) is 10.6 Å². The molecule has 0 saturated heterocycles. The number of hydrogen-bond donors (Lipinski definition) is 3. The lowest BCUT2D eigenvalue weighted by Gasteiger charge is -2.16. The van der Waals surface area contributed by atoms with Crippen LogP contribution < -0.4 is 10.6 Å². The van der Waals surface area contributed by atoms with Gasteiger partial charge >= 0.3 is 0 Å². The first kappa shape index (κ1) is 18.1. The molecule has 0 heterocycles. The quantitative estimate of drug-likeness (QED) is 0.305. The van der Waals surface area contributed by atoms with E-state index in [1.54, 1.807) is 0 Å². The van der Waals surface area contributed by atoms with E-state index in [0.29, 0.717) is 39.0 Å². The summed E-state index contributed by atoms with van der Waals surface area (Å²) >= 11 is 0. The molecular formula is C13H29N3O3. The van der Waals surface area contributed by atoms with Crippen LogP contribution in [0.25, 0.3) is 0 Å². The zero-order valence-corrected chi connectivity index (χ0v) is 12.6. The zero-order chi connectivity index (χ0) is 14.5. The van der Waals surface area contributed by atoms with Crippen molar-refractivity contribution < 1.29 is 14.6 Å². The first-order valence-electron chi connectivity index (χ1n) is 6.90. The third kappa shape index (κ3) is 13.4. The van der Waals surface area contributed by atoms with Crippen LogP contribution in [0.1, 0.15) is 27.7 Å². The van der Waals surface area contributed by atoms with E-state index in [1.165, 1.54) is 0 Å². The molecule has 19 heavy (non-hydrogen) atoms. The van der Waals surface area contributed by atoms with Crippen LogP contribution in [0.5, 0.6) is 0 Å². The van der Waals surface area contributed by atoms with Gasteiger partial charge in [-0.2, -0.15) is 0 Å². The molecule has 0 aromatic carbocycles. The summed E-state index contributed by atoms with van der Waals surface area (Å²) < 4.78 is 10.5. The molecule has 0 rings (SSSR count). The first-order valence-corrected chi connectivity index (χ1v) is 6.90. The average molecular weight is 275 g/mol. The molecule has 0 atom stereocenters. The summed E-state index contributed by atoms with van der Waals surface area (Å²) in [5.74, 6) is 0.810. The van der Waals surface area contributed by atoms with E-state index in [0.717, 1.165) is 5.96 Å². The SMILES string of the molecule is CC(C)/N=C(\NCCOCCOCCO)NC(C)C. The number of ether oxygens (including phenoxy) is 2. The van der Waals surface area contributed by atoms with Crippen molar-refractivity contribution in [1.29, 1.82) is 0 Å². The predicted molar refractivity (Wildman–Crippen MR) is 77.6 cm³/mol. The number of hydrogen-bond acceptors (Lipinski definition) is 4. The number of nitrogens with zero attached hydrogens (tertiary/aromatic N) is 1. The van der Waals surface area contributed by atoms with Crippen LogP contribution in [0.2, 0.25) is 0 Å². The van der Waals surface area contributed by atoms with Crippen molar-refractivity contribution in [3.8, 4) is 0 Å². The molecule has 0 fully saturated rings. The summed E-state index contributed by atoms with van der Waals surface area (Å²) in [5.41, 5.74) is 0. The lowest BCUT2D eigenvalue weighted by molar-refractivity contribution is 0.0347. The van der Waals surface area contributed by atoms with E-state index in [1.807, 2.05) is 13.8 Å². The fourth-order valence-corrected chi connectivity index (χ4v) is 1.29. The number of guanidine groups is 1. The predicted octanol–water partition coefficient (Wildman–Crippen LogP) is 0.364. The molecule has 3 N–H and O–H groups in total. The molecule has 0 aromatic heterocycles. The largest absolute Gasteiger partial charge is 0.394 e. The van der Waals surface area contributed by atoms with Crippen molar-refractivity contribution in [2.45, 2.75) is 39.8 Å². The minimum absolute atomic E-state index is 0.0530. The number of nitrogens with one attached hydrogen (secondary N) is 2. The van der Waals surface area contributed by atoms with E-state index in [2.05, 4.69) is 29.5 Å². The summed E-state index contributed by atoms with van der Waals surface area (Å²) in [4.78, 5) is 4.46. The zero-order valence-electron chi connectivity index (χ0n) is 12.6. The van der Waals surface area contributed by atoms with Gasteiger partial charge in [-0.05, 0) is 27.7 Å². The molecule has 0 radical (unpaired) electrons. The van der Waals surface area contributed by atoms with Crippen molar-refractivity contribution in [2.75, 3.05) is 39.6 Å². The van der Waals surface area contributed by atoms with Gasteiger partial charge in [0.1, 0.15) is 0 Å². The molecule has 0 saturated carbocycles. The molecule has 0 aromatic rings. The standard InChI is InChI=1S/C13H29N3O3/c1-11(2)15-13(16-12(3)4)14-5-7-18-9-10-19-8-6-17/h11-12,17H,5-10H2,1-4H3,(H2,14,15,16). The third-order valence-electron chi connectivity index (χ3n) is 1.96. The van der Waals surface area contributed by atoms with Crippen LogP contribution in [0, 0.1) is 0 Å². The minimum atomic E-state index is 0.0530. The molecule has 0 bridgehead atoms. The third-order valence-corrected chi connectivity index (χ3v) is 1.96. The van der Waals surface area contributed by atoms with Gasteiger partial charge in [0.25, 0.3) is 0 Å². The van der Waals surface area contributed by atoms with Crippen LogP contribution in [0.3, 0.4) is 0 Å². The summed E-state index contributed by atoms with van der Waals surface area (Å²) in [5, 5.41) is 15.0. The maximum absolute atomic E-state index is 8.52. The smallest absolute Gasteiger partial charge is 0.191 e. The summed E-state index contributed by atoms with van der Waals surface area (Å²) in [6, 6.07) is 0.597. The van der Waals surface area contributed by atoms with E-state index >= 15 is 0 Å². The Labute approximate surface area is 116 Å². The Morgan fingerprint density at radius 3 is 2.21 bits per heavy atom. The highest BCUT2D eigenvalue weighted by molar-refractivity contribution is 5.80. The van der Waals surface area contributed by atoms with Crippen molar-refractivity contribution in [3.05, 3.63) is 0 Å². The molecule has 0 aliphatic rings. The van der Waals surface area contributed by atoms with Gasteiger partial charge in [0.15, 0.2) is 5.96 Å². The summed E-state index contributed by atoms with van der Waals surface area (Å²) in [7, 11) is 0. The number of rotatable bonds is 10. The maximum atomic E-state index is 8.52. The van der Waals surface area contributed by atoms with Crippen LogP contribution in [0.15, 0.2) is 4.99 Å². The van der Waals surface area contributed by atoms with Crippen LogP contribution in [-0.2, 0) is 9.47 Å². The highest BCUT2D eigenvalue weighted by Crippen LogP contribution is 1.87. The Hall–Kier alpha value is -0.850. The van der Waals surface area contributed by atoms with Crippen molar-refractivity contribution >= 4 is 5.96 Å². The topological polar surface area (TPSA) is 75.1 Å². The monoisotopic (exact) mass is 275 g/mol. The van der Waals surface area contributed by atoms with Gasteiger partial charge in [0.05, 0.1) is 33.0 Å². The molecule has 0 amide bonds. The Kier molecular flexibility index (Phi) is 11.7. The van der Waals surface area contributed by atoms with Crippen LogP contribution in [0.4, 0.5) is 0 Å². The fourth-order valence-electron chi connectivity index (χ4n) is 1.29. The normalized spacial score (nSPS) is 12.3. The molecule has 6 nitrogen and oxygen atoms in total. The van der Waals surface area contributed by atoms with Crippen LogP contribution >= 0.6 is 0 Å². The second-order valence-electron chi connectivity index (χ2n) is 4.75. The van der Waals surface area contributed by atoms with Crippen molar-refractivity contribution in [2.24, 2.45) is 4.99 Å². The lowest BCUT2D eigenvalue weighted by atomic mass is 10.4. The van der Waals surface area contributed by atoms with Gasteiger partial charge in [-0.3, -0.25) is 4.99 Å². The molecule has 0 aliphatic heterocycles. The van der Waals surface area contributed by atoms with Gasteiger partial charge in [0.2, 0.25) is 0 Å². The Bertz CT molecular complexity index is 233. The number of aliphatic hydroxyl groups excluding tert-OH is 1. The van der Waals surface area contributed by atoms with E-state index in [-0.39, 0.29) is 12.6 Å². The second-order valence-corrected chi connectivity index (χ2v) is 4.75. The Balaban J connectivity index is 3.64. The van der Waals surface area contributed by atoms with Gasteiger partial charge in [-0.25, -0.2) is 0 Å². The Morgan fingerprint density at radius 1 is 1.05 bits per heavy atom. The molecule has 0 spiro atoms. The number of aliphatic imine (C=N–C) groups is 1. The van der Waals surface area contributed by atoms with E-state index in [4.69, 9.17) is 14.6 Å². The maximum Gasteiger partial charge on any atom is 0.191 e. The van der Waals surface area contributed by atoms with E-state index in [9.17, 15) is 0 Å². The highest BCUT2D eigenvalue weighted by Gasteiger charge is 2.01. The second kappa shape index (κ2) is 12.2. The van der Waals surface area contributed by atoms with Gasteiger partial charge in [0, 0.05) is 18.6 Å². The first-order chi connectivity index (χ1) is 9.06. The summed E-state index contributed by atoms with van der Waals surface area (Å²) in [6.07, 6.45) is 0. The molecule has 0 unspecified atom stereocenters. The molecule has 114 valence electrons. The summed E-state index contributed by atoms with van der Waals surface area (Å²) in [6.45, 7) is 11.0. The molecule has 0 aliphatic carbocycles. The van der Waals surface area contributed by atoms with Gasteiger partial charge in [-0.15, -0.1) is 0 Å². The van der Waals surface area contributed by atoms with Crippen LogP contribution in [-0.4, -0.2) is 62.7 Å².